The third-order valence-electron chi connectivity index (χ3n) is 4.68. The number of likely N-dealkylation sites (tertiary alicyclic amines) is 1. The number of fused-ring (bicyclic) bond motifs is 1. The zero-order valence-electron chi connectivity index (χ0n) is 12.3. The minimum Gasteiger partial charge on any atom is -0.480 e. The van der Waals surface area contributed by atoms with Crippen LogP contribution in [0.3, 0.4) is 0 Å². The number of hydrogen-bond donors (Lipinski definition) is 2. The smallest absolute Gasteiger partial charge is 0.326 e. The lowest BCUT2D eigenvalue weighted by molar-refractivity contribution is -0.139. The molecule has 2 aliphatic rings. The summed E-state index contributed by atoms with van der Waals surface area (Å²) in [6.45, 7) is 2.70. The van der Waals surface area contributed by atoms with Gasteiger partial charge in [0.15, 0.2) is 0 Å². The van der Waals surface area contributed by atoms with Gasteiger partial charge in [-0.3, -0.25) is 0 Å². The Kier molecular flexibility index (Phi) is 5.26. The fourth-order valence-electron chi connectivity index (χ4n) is 3.65. The molecule has 0 radical (unpaired) electrons. The number of carboxylic acids is 1. The normalized spacial score (nSPS) is 27.6. The standard InChI is InChI=1S/C15H26N2O3/c1-2-6-12(14(18)19)16-15(20)17-10-5-8-11-7-3-4-9-13(11)17/h11-13H,2-10H2,1H3,(H,16,20)(H,18,19)/t11?,12-,13?/m1/s1. The number of carboxylic acid groups (broad SMARTS) is 1. The molecule has 2 unspecified atom stereocenters. The largest absolute Gasteiger partial charge is 0.480 e. The van der Waals surface area contributed by atoms with E-state index in [4.69, 9.17) is 5.11 Å². The van der Waals surface area contributed by atoms with Crippen molar-refractivity contribution in [2.75, 3.05) is 6.54 Å². The molecular weight excluding hydrogens is 256 g/mol. The van der Waals surface area contributed by atoms with Gasteiger partial charge in [-0.15, -0.1) is 0 Å². The maximum absolute atomic E-state index is 12.4. The summed E-state index contributed by atoms with van der Waals surface area (Å²) >= 11 is 0. The second-order valence-corrected chi connectivity index (χ2v) is 6.08. The lowest BCUT2D eigenvalue weighted by Gasteiger charge is -2.44. The molecule has 1 aliphatic carbocycles. The number of carbonyl (C=O) groups is 2. The quantitative estimate of drug-likeness (QED) is 0.832. The van der Waals surface area contributed by atoms with Gasteiger partial charge in [0, 0.05) is 12.6 Å². The van der Waals surface area contributed by atoms with Gasteiger partial charge < -0.3 is 15.3 Å². The molecule has 1 aliphatic heterocycles. The summed E-state index contributed by atoms with van der Waals surface area (Å²) in [5, 5.41) is 11.9. The highest BCUT2D eigenvalue weighted by Gasteiger charge is 2.36. The maximum atomic E-state index is 12.4. The summed E-state index contributed by atoms with van der Waals surface area (Å²) < 4.78 is 0. The number of nitrogens with one attached hydrogen (secondary N) is 1. The van der Waals surface area contributed by atoms with Gasteiger partial charge in [-0.2, -0.15) is 0 Å². The molecule has 2 fully saturated rings. The second-order valence-electron chi connectivity index (χ2n) is 6.08. The van der Waals surface area contributed by atoms with Gasteiger partial charge in [-0.1, -0.05) is 26.2 Å². The van der Waals surface area contributed by atoms with Crippen molar-refractivity contribution < 1.29 is 14.7 Å². The maximum Gasteiger partial charge on any atom is 0.326 e. The van der Waals surface area contributed by atoms with Crippen LogP contribution in [0, 0.1) is 5.92 Å². The van der Waals surface area contributed by atoms with Crippen LogP contribution in [0.5, 0.6) is 0 Å². The molecule has 114 valence electrons. The number of carbonyl (C=O) groups excluding carboxylic acids is 1. The van der Waals surface area contributed by atoms with Crippen LogP contribution in [0.2, 0.25) is 0 Å². The molecule has 5 heteroatoms. The van der Waals surface area contributed by atoms with Crippen LogP contribution >= 0.6 is 0 Å². The molecule has 3 atom stereocenters. The van der Waals surface area contributed by atoms with E-state index in [1.807, 2.05) is 11.8 Å². The third-order valence-corrected chi connectivity index (χ3v) is 4.68. The Labute approximate surface area is 120 Å². The van der Waals surface area contributed by atoms with E-state index in [-0.39, 0.29) is 6.03 Å². The highest BCUT2D eigenvalue weighted by molar-refractivity contribution is 5.82. The molecule has 2 N–H and O–H groups in total. The predicted octanol–water partition coefficient (Wildman–Crippen LogP) is 2.60. The number of piperidine rings is 1. The van der Waals surface area contributed by atoms with Crippen LogP contribution in [0.1, 0.15) is 58.3 Å². The first kappa shape index (κ1) is 15.1. The van der Waals surface area contributed by atoms with Gasteiger partial charge >= 0.3 is 12.0 Å². The van der Waals surface area contributed by atoms with Gasteiger partial charge in [0.25, 0.3) is 0 Å². The van der Waals surface area contributed by atoms with Crippen molar-refractivity contribution in [3.8, 4) is 0 Å². The van der Waals surface area contributed by atoms with E-state index in [2.05, 4.69) is 5.32 Å². The minimum atomic E-state index is -0.933. The van der Waals surface area contributed by atoms with Crippen LogP contribution < -0.4 is 5.32 Å². The van der Waals surface area contributed by atoms with Crippen LogP contribution in [0.4, 0.5) is 4.79 Å². The topological polar surface area (TPSA) is 69.6 Å². The molecule has 0 aromatic heterocycles. The van der Waals surface area contributed by atoms with Crippen molar-refractivity contribution in [2.24, 2.45) is 5.92 Å². The molecular formula is C15H26N2O3. The Hall–Kier alpha value is -1.26. The van der Waals surface area contributed by atoms with Crippen molar-refractivity contribution in [3.63, 3.8) is 0 Å². The van der Waals surface area contributed by atoms with E-state index >= 15 is 0 Å². The Morgan fingerprint density at radius 3 is 2.65 bits per heavy atom. The number of nitrogens with zero attached hydrogens (tertiary/aromatic N) is 1. The molecule has 2 rings (SSSR count). The SMILES string of the molecule is CCC[C@@H](NC(=O)N1CCCC2CCCCC21)C(=O)O. The van der Waals surface area contributed by atoms with Crippen LogP contribution in [-0.2, 0) is 4.79 Å². The highest BCUT2D eigenvalue weighted by Crippen LogP contribution is 2.35. The highest BCUT2D eigenvalue weighted by atomic mass is 16.4. The summed E-state index contributed by atoms with van der Waals surface area (Å²) in [4.78, 5) is 25.5. The average Bonchev–Trinajstić information content (AvgIpc) is 2.46. The summed E-state index contributed by atoms with van der Waals surface area (Å²) in [5.74, 6) is -0.310. The second kappa shape index (κ2) is 6.95. The Balaban J connectivity index is 1.97. The summed E-state index contributed by atoms with van der Waals surface area (Å²) in [6.07, 6.45) is 8.24. The first-order valence-electron chi connectivity index (χ1n) is 7.93. The summed E-state index contributed by atoms with van der Waals surface area (Å²) in [7, 11) is 0. The number of hydrogen-bond acceptors (Lipinski definition) is 2. The van der Waals surface area contributed by atoms with E-state index in [0.29, 0.717) is 18.4 Å². The van der Waals surface area contributed by atoms with Crippen LogP contribution in [0.15, 0.2) is 0 Å². The summed E-state index contributed by atoms with van der Waals surface area (Å²) in [5.41, 5.74) is 0. The molecule has 0 aromatic rings. The first-order chi connectivity index (χ1) is 9.63. The zero-order valence-corrected chi connectivity index (χ0v) is 12.3. The van der Waals surface area contributed by atoms with E-state index in [1.165, 1.54) is 25.7 Å². The minimum absolute atomic E-state index is 0.178. The Morgan fingerprint density at radius 2 is 1.95 bits per heavy atom. The zero-order chi connectivity index (χ0) is 14.5. The fraction of sp³-hybridized carbons (Fsp3) is 0.867. The predicted molar refractivity (Wildman–Crippen MR) is 76.5 cm³/mol. The molecule has 1 saturated carbocycles. The van der Waals surface area contributed by atoms with Gasteiger partial charge in [0.2, 0.25) is 0 Å². The fourth-order valence-corrected chi connectivity index (χ4v) is 3.65. The van der Waals surface area contributed by atoms with Crippen molar-refractivity contribution in [2.45, 2.75) is 70.4 Å². The third kappa shape index (κ3) is 3.44. The molecule has 20 heavy (non-hydrogen) atoms. The monoisotopic (exact) mass is 282 g/mol. The Morgan fingerprint density at radius 1 is 1.25 bits per heavy atom. The lowest BCUT2D eigenvalue weighted by atomic mass is 9.78. The molecule has 0 spiro atoms. The first-order valence-corrected chi connectivity index (χ1v) is 7.93. The van der Waals surface area contributed by atoms with Crippen molar-refractivity contribution in [1.82, 2.24) is 10.2 Å². The Bertz CT molecular complexity index is 357. The van der Waals surface area contributed by atoms with Gasteiger partial charge in [-0.25, -0.2) is 9.59 Å². The molecule has 0 aromatic carbocycles. The van der Waals surface area contributed by atoms with E-state index in [9.17, 15) is 9.59 Å². The average molecular weight is 282 g/mol. The number of aliphatic carboxylic acids is 1. The molecule has 5 nitrogen and oxygen atoms in total. The number of urea groups is 1. The van der Waals surface area contributed by atoms with E-state index in [0.717, 1.165) is 25.8 Å². The molecule has 1 saturated heterocycles. The lowest BCUT2D eigenvalue weighted by Crippen LogP contribution is -2.55. The van der Waals surface area contributed by atoms with Gasteiger partial charge in [-0.05, 0) is 38.0 Å². The van der Waals surface area contributed by atoms with Crippen LogP contribution in [0.25, 0.3) is 0 Å². The van der Waals surface area contributed by atoms with Crippen molar-refractivity contribution in [1.29, 1.82) is 0 Å². The van der Waals surface area contributed by atoms with Gasteiger partial charge in [0.05, 0.1) is 0 Å². The molecule has 2 amide bonds. The molecule has 1 heterocycles. The number of amides is 2. The molecule has 0 bridgehead atoms. The summed E-state index contributed by atoms with van der Waals surface area (Å²) in [6, 6.07) is -0.604. The van der Waals surface area contributed by atoms with E-state index in [1.54, 1.807) is 0 Å². The van der Waals surface area contributed by atoms with Crippen molar-refractivity contribution >= 4 is 12.0 Å². The van der Waals surface area contributed by atoms with Gasteiger partial charge in [0.1, 0.15) is 6.04 Å². The van der Waals surface area contributed by atoms with Crippen molar-refractivity contribution in [3.05, 3.63) is 0 Å². The van der Waals surface area contributed by atoms with Crippen LogP contribution in [-0.4, -0.2) is 40.6 Å². The van der Waals surface area contributed by atoms with E-state index < -0.39 is 12.0 Å². The number of rotatable bonds is 4.